The molecule has 1 aromatic heterocycles. The third-order valence-corrected chi connectivity index (χ3v) is 5.56. The van der Waals surface area contributed by atoms with Crippen molar-refractivity contribution in [2.45, 2.75) is 45.3 Å². The number of aliphatic hydroxyl groups excluding tert-OH is 2. The van der Waals surface area contributed by atoms with E-state index in [4.69, 9.17) is 0 Å². The maximum atomic E-state index is 14.3. The number of carboxylic acids is 1. The van der Waals surface area contributed by atoms with Crippen molar-refractivity contribution in [3.8, 4) is 0 Å². The molecule has 9 nitrogen and oxygen atoms in total. The SMILES string of the molecule is Cc1[nH]c(/C=C2\C(=O)Nc3ccc(F)c(F)c32)c(C)c1C(=O)NCC[C@@H](O)C[C@@H](O)CC(=O)[O-].[Na+]. The number of aromatic amines is 1. The molecule has 2 atom stereocenters. The second-order valence-corrected chi connectivity index (χ2v) is 8.12. The van der Waals surface area contributed by atoms with Gasteiger partial charge >= 0.3 is 29.6 Å². The van der Waals surface area contributed by atoms with E-state index < -0.39 is 48.0 Å². The van der Waals surface area contributed by atoms with Crippen LogP contribution in [0.2, 0.25) is 0 Å². The first-order valence-corrected chi connectivity index (χ1v) is 10.5. The topological polar surface area (TPSA) is 155 Å². The van der Waals surface area contributed by atoms with Gasteiger partial charge in [0.15, 0.2) is 11.6 Å². The summed E-state index contributed by atoms with van der Waals surface area (Å²) in [6.45, 7) is 3.32. The van der Waals surface area contributed by atoms with Crippen LogP contribution in [0.4, 0.5) is 14.5 Å². The van der Waals surface area contributed by atoms with Crippen LogP contribution in [0.25, 0.3) is 11.6 Å². The molecule has 12 heteroatoms. The predicted octanol–water partition coefficient (Wildman–Crippen LogP) is -2.22. The fourth-order valence-electron chi connectivity index (χ4n) is 3.91. The first-order chi connectivity index (χ1) is 16.0. The minimum Gasteiger partial charge on any atom is -0.550 e. The van der Waals surface area contributed by atoms with Crippen LogP contribution in [0.1, 0.15) is 52.1 Å². The Hall–Kier alpha value is -2.57. The molecule has 0 saturated carbocycles. The summed E-state index contributed by atoms with van der Waals surface area (Å²) in [6.07, 6.45) is -1.62. The number of hydrogen-bond donors (Lipinski definition) is 5. The van der Waals surface area contributed by atoms with Gasteiger partial charge < -0.3 is 35.7 Å². The quantitative estimate of drug-likeness (QED) is 0.195. The molecular formula is C23H24F2N3NaO6. The van der Waals surface area contributed by atoms with Crippen LogP contribution in [-0.2, 0) is 9.59 Å². The molecule has 0 spiro atoms. The predicted molar refractivity (Wildman–Crippen MR) is 116 cm³/mol. The molecule has 2 heterocycles. The fraction of sp³-hybridized carbons (Fsp3) is 0.348. The molecule has 2 aromatic rings. The summed E-state index contributed by atoms with van der Waals surface area (Å²) in [7, 11) is 0. The molecule has 0 aliphatic carbocycles. The number of aryl methyl sites for hydroxylation is 1. The normalized spacial score (nSPS) is 15.3. The number of aliphatic carboxylic acids is 1. The van der Waals surface area contributed by atoms with E-state index in [1.165, 1.54) is 12.1 Å². The number of carboxylic acid groups (broad SMARTS) is 1. The molecule has 1 aliphatic heterocycles. The Morgan fingerprint density at radius 3 is 2.54 bits per heavy atom. The largest absolute Gasteiger partial charge is 1.00 e. The van der Waals surface area contributed by atoms with Crippen molar-refractivity contribution in [2.75, 3.05) is 11.9 Å². The third kappa shape index (κ3) is 6.56. The number of aromatic nitrogens is 1. The molecule has 35 heavy (non-hydrogen) atoms. The van der Waals surface area contributed by atoms with Crippen LogP contribution in [0, 0.1) is 25.5 Å². The van der Waals surface area contributed by atoms with E-state index in [1.54, 1.807) is 13.8 Å². The van der Waals surface area contributed by atoms with Gasteiger partial charge in [-0.2, -0.15) is 0 Å². The fourth-order valence-corrected chi connectivity index (χ4v) is 3.91. The Labute approximate surface area is 221 Å². The minimum atomic E-state index is -1.43. The summed E-state index contributed by atoms with van der Waals surface area (Å²) in [5.41, 5.74) is 1.50. The third-order valence-electron chi connectivity index (χ3n) is 5.56. The Morgan fingerprint density at radius 1 is 1.20 bits per heavy atom. The molecule has 182 valence electrons. The monoisotopic (exact) mass is 499 g/mol. The first kappa shape index (κ1) is 28.7. The molecule has 5 N–H and O–H groups in total. The number of rotatable bonds is 9. The Balaban J connectivity index is 0.00000432. The van der Waals surface area contributed by atoms with Crippen LogP contribution in [-0.4, -0.2) is 51.7 Å². The maximum absolute atomic E-state index is 14.3. The molecule has 1 aromatic carbocycles. The number of benzene rings is 1. The van der Waals surface area contributed by atoms with Gasteiger partial charge in [-0.1, -0.05) is 0 Å². The minimum absolute atomic E-state index is 0. The van der Waals surface area contributed by atoms with Crippen LogP contribution >= 0.6 is 0 Å². The van der Waals surface area contributed by atoms with E-state index in [2.05, 4.69) is 15.6 Å². The summed E-state index contributed by atoms with van der Waals surface area (Å²) < 4.78 is 28.0. The number of carbonyl (C=O) groups excluding carboxylic acids is 3. The zero-order chi connectivity index (χ0) is 25.2. The van der Waals surface area contributed by atoms with Gasteiger partial charge in [0.1, 0.15) is 0 Å². The van der Waals surface area contributed by atoms with Crippen molar-refractivity contribution < 1.29 is 68.0 Å². The van der Waals surface area contributed by atoms with E-state index in [0.717, 1.165) is 6.07 Å². The van der Waals surface area contributed by atoms with Crippen LogP contribution in [0.3, 0.4) is 0 Å². The van der Waals surface area contributed by atoms with E-state index in [0.29, 0.717) is 17.0 Å². The van der Waals surface area contributed by atoms with Crippen molar-refractivity contribution in [1.82, 2.24) is 10.3 Å². The van der Waals surface area contributed by atoms with Gasteiger partial charge in [0, 0.05) is 35.9 Å². The summed E-state index contributed by atoms with van der Waals surface area (Å²) in [5, 5.41) is 35.0. The van der Waals surface area contributed by atoms with Crippen molar-refractivity contribution in [3.05, 3.63) is 51.8 Å². The van der Waals surface area contributed by atoms with E-state index in [-0.39, 0.29) is 71.3 Å². The average molecular weight is 499 g/mol. The van der Waals surface area contributed by atoms with Crippen LogP contribution < -0.4 is 45.3 Å². The van der Waals surface area contributed by atoms with Crippen LogP contribution in [0.5, 0.6) is 0 Å². The number of halogens is 2. The molecule has 3 rings (SSSR count). The molecule has 1 aliphatic rings. The zero-order valence-electron chi connectivity index (χ0n) is 19.5. The zero-order valence-corrected chi connectivity index (χ0v) is 21.5. The summed E-state index contributed by atoms with van der Waals surface area (Å²) in [4.78, 5) is 38.5. The van der Waals surface area contributed by atoms with Gasteiger partial charge in [-0.05, 0) is 50.5 Å². The molecule has 0 bridgehead atoms. The summed E-state index contributed by atoms with van der Waals surface area (Å²) in [6, 6.07) is 2.19. The van der Waals surface area contributed by atoms with E-state index >= 15 is 0 Å². The van der Waals surface area contributed by atoms with E-state index in [1.807, 2.05) is 0 Å². The van der Waals surface area contributed by atoms with Gasteiger partial charge in [-0.25, -0.2) is 8.78 Å². The summed E-state index contributed by atoms with van der Waals surface area (Å²) in [5.74, 6) is -4.73. The van der Waals surface area contributed by atoms with Gasteiger partial charge in [-0.15, -0.1) is 0 Å². The number of hydrogen-bond acceptors (Lipinski definition) is 6. The number of carbonyl (C=O) groups is 3. The Bertz CT molecular complexity index is 1180. The molecule has 0 unspecified atom stereocenters. The first-order valence-electron chi connectivity index (χ1n) is 10.5. The van der Waals surface area contributed by atoms with Crippen LogP contribution in [0.15, 0.2) is 12.1 Å². The number of amides is 2. The Kier molecular flexibility index (Phi) is 9.76. The van der Waals surface area contributed by atoms with Crippen molar-refractivity contribution in [1.29, 1.82) is 0 Å². The van der Waals surface area contributed by atoms with Gasteiger partial charge in [0.05, 0.1) is 29.0 Å². The number of nitrogens with one attached hydrogen (secondary N) is 3. The second-order valence-electron chi connectivity index (χ2n) is 8.12. The van der Waals surface area contributed by atoms with Gasteiger partial charge in [-0.3, -0.25) is 9.59 Å². The van der Waals surface area contributed by atoms with Gasteiger partial charge in [0.25, 0.3) is 11.8 Å². The van der Waals surface area contributed by atoms with Crippen molar-refractivity contribution in [3.63, 3.8) is 0 Å². The molecular weight excluding hydrogens is 475 g/mol. The second kappa shape index (κ2) is 11.9. The average Bonchev–Trinajstić information content (AvgIpc) is 3.20. The number of H-pyrrole nitrogens is 1. The van der Waals surface area contributed by atoms with E-state index in [9.17, 15) is 38.5 Å². The maximum Gasteiger partial charge on any atom is 1.00 e. The standard InChI is InChI=1S/C23H25F2N3O6.Na/c1-10-17(9-14-20-16(28-22(14)33)4-3-15(24)21(20)25)27-11(2)19(10)23(34)26-6-5-12(29)7-13(30)8-18(31)32;/h3-4,9,12-13,27,29-30H,5-8H2,1-2H3,(H,26,34)(H,28,33)(H,31,32);/q;+1/p-1/b14-9-;/t12-,13-;/m1./s1. The summed E-state index contributed by atoms with van der Waals surface area (Å²) >= 11 is 0. The molecule has 2 amide bonds. The van der Waals surface area contributed by atoms with Gasteiger partial charge in [0.2, 0.25) is 0 Å². The van der Waals surface area contributed by atoms with Crippen molar-refractivity contribution in [2.24, 2.45) is 0 Å². The smallest absolute Gasteiger partial charge is 0.550 e. The van der Waals surface area contributed by atoms with Crippen molar-refractivity contribution >= 4 is 35.1 Å². The molecule has 0 fully saturated rings. The number of aliphatic hydroxyl groups is 2. The molecule has 0 radical (unpaired) electrons. The number of fused-ring (bicyclic) bond motifs is 1. The molecule has 0 saturated heterocycles. The Morgan fingerprint density at radius 2 is 1.89 bits per heavy atom. The number of anilines is 1.